The standard InChI is InChI=1S/C16H26N4/c1-3-17-12(8-13-18-9-19-20(13)4-2)16-14-10-5-6-11(7-10)15(14)16/h9-12,14-17H,3-8H2,1-2H3. The lowest BCUT2D eigenvalue weighted by atomic mass is 9.95. The van der Waals surface area contributed by atoms with Crippen molar-refractivity contribution < 1.29 is 0 Å². The molecule has 1 N–H and O–H groups in total. The van der Waals surface area contributed by atoms with Crippen molar-refractivity contribution in [3.8, 4) is 0 Å². The van der Waals surface area contributed by atoms with Gasteiger partial charge in [0.25, 0.3) is 0 Å². The van der Waals surface area contributed by atoms with Gasteiger partial charge in [-0.1, -0.05) is 6.92 Å². The molecule has 0 aromatic carbocycles. The summed E-state index contributed by atoms with van der Waals surface area (Å²) in [6.45, 7) is 6.37. The molecule has 0 radical (unpaired) electrons. The van der Waals surface area contributed by atoms with E-state index in [1.165, 1.54) is 19.3 Å². The minimum atomic E-state index is 0.618. The topological polar surface area (TPSA) is 42.7 Å². The van der Waals surface area contributed by atoms with E-state index in [0.29, 0.717) is 6.04 Å². The van der Waals surface area contributed by atoms with Crippen LogP contribution < -0.4 is 5.32 Å². The van der Waals surface area contributed by atoms with Crippen molar-refractivity contribution in [1.29, 1.82) is 0 Å². The fourth-order valence-electron chi connectivity index (χ4n) is 5.44. The maximum Gasteiger partial charge on any atom is 0.138 e. The van der Waals surface area contributed by atoms with Gasteiger partial charge in [0.2, 0.25) is 0 Å². The molecular formula is C16H26N4. The van der Waals surface area contributed by atoms with E-state index < -0.39 is 0 Å². The Bertz CT molecular complexity index is 467. The predicted octanol–water partition coefficient (Wildman–Crippen LogP) is 2.11. The Kier molecular flexibility index (Phi) is 3.09. The average molecular weight is 274 g/mol. The highest BCUT2D eigenvalue weighted by Gasteiger charge is 2.66. The number of nitrogens with zero attached hydrogens (tertiary/aromatic N) is 3. The number of likely N-dealkylation sites (N-methyl/N-ethyl adjacent to an activating group) is 1. The Morgan fingerprint density at radius 1 is 1.30 bits per heavy atom. The molecule has 1 heterocycles. The summed E-state index contributed by atoms with van der Waals surface area (Å²) in [7, 11) is 0. The van der Waals surface area contributed by atoms with E-state index in [9.17, 15) is 0 Å². The number of aryl methyl sites for hydroxylation is 1. The summed E-state index contributed by atoms with van der Waals surface area (Å²) < 4.78 is 2.05. The van der Waals surface area contributed by atoms with Crippen LogP contribution in [0.1, 0.15) is 38.9 Å². The van der Waals surface area contributed by atoms with Crippen LogP contribution in [-0.4, -0.2) is 27.4 Å². The van der Waals surface area contributed by atoms with Gasteiger partial charge in [-0.3, -0.25) is 4.68 Å². The summed E-state index contributed by atoms with van der Waals surface area (Å²) in [5, 5.41) is 8.07. The van der Waals surface area contributed by atoms with Crippen LogP contribution in [0.3, 0.4) is 0 Å². The Labute approximate surface area is 121 Å². The summed E-state index contributed by atoms with van der Waals surface area (Å²) in [6, 6.07) is 0.618. The molecule has 5 unspecified atom stereocenters. The van der Waals surface area contributed by atoms with Crippen LogP contribution in [-0.2, 0) is 13.0 Å². The Morgan fingerprint density at radius 3 is 2.70 bits per heavy atom. The van der Waals surface area contributed by atoms with Gasteiger partial charge >= 0.3 is 0 Å². The number of nitrogens with one attached hydrogen (secondary N) is 1. The van der Waals surface area contributed by atoms with Gasteiger partial charge in [-0.25, -0.2) is 4.98 Å². The Hall–Kier alpha value is -0.900. The number of rotatable bonds is 6. The van der Waals surface area contributed by atoms with E-state index in [2.05, 4.69) is 33.9 Å². The van der Waals surface area contributed by atoms with Crippen molar-refractivity contribution in [3.63, 3.8) is 0 Å². The van der Waals surface area contributed by atoms with Gasteiger partial charge in [-0.15, -0.1) is 0 Å². The summed E-state index contributed by atoms with van der Waals surface area (Å²) in [5.41, 5.74) is 0. The molecule has 0 spiro atoms. The van der Waals surface area contributed by atoms with Gasteiger partial charge in [0.1, 0.15) is 12.2 Å². The van der Waals surface area contributed by atoms with Crippen LogP contribution in [0.25, 0.3) is 0 Å². The molecule has 3 saturated carbocycles. The molecule has 3 fully saturated rings. The van der Waals surface area contributed by atoms with Gasteiger partial charge in [0.05, 0.1) is 0 Å². The molecule has 2 bridgehead atoms. The quantitative estimate of drug-likeness (QED) is 0.864. The molecule has 5 atom stereocenters. The van der Waals surface area contributed by atoms with Gasteiger partial charge in [-0.05, 0) is 62.3 Å². The van der Waals surface area contributed by atoms with E-state index >= 15 is 0 Å². The van der Waals surface area contributed by atoms with Crippen LogP contribution in [0.2, 0.25) is 0 Å². The molecule has 0 amide bonds. The highest BCUT2D eigenvalue weighted by molar-refractivity contribution is 5.16. The third-order valence-electron chi connectivity index (χ3n) is 6.12. The number of aromatic nitrogens is 3. The minimum absolute atomic E-state index is 0.618. The third-order valence-corrected chi connectivity index (χ3v) is 6.12. The molecule has 1 aromatic rings. The maximum atomic E-state index is 4.48. The highest BCUT2D eigenvalue weighted by Crippen LogP contribution is 2.70. The first-order valence-electron chi connectivity index (χ1n) is 8.43. The fourth-order valence-corrected chi connectivity index (χ4v) is 5.44. The molecular weight excluding hydrogens is 248 g/mol. The largest absolute Gasteiger partial charge is 0.314 e. The van der Waals surface area contributed by atoms with Crippen LogP contribution in [0, 0.1) is 29.6 Å². The van der Waals surface area contributed by atoms with Crippen LogP contribution in [0.4, 0.5) is 0 Å². The van der Waals surface area contributed by atoms with Crippen molar-refractivity contribution in [2.24, 2.45) is 29.6 Å². The second kappa shape index (κ2) is 4.83. The average Bonchev–Trinajstić information content (AvgIpc) is 2.84. The van der Waals surface area contributed by atoms with E-state index in [1.54, 1.807) is 6.33 Å². The van der Waals surface area contributed by atoms with Gasteiger partial charge in [0, 0.05) is 19.0 Å². The zero-order valence-corrected chi connectivity index (χ0v) is 12.6. The van der Waals surface area contributed by atoms with Crippen molar-refractivity contribution in [3.05, 3.63) is 12.2 Å². The summed E-state index contributed by atoms with van der Waals surface area (Å²) in [6.07, 6.45) is 7.31. The molecule has 4 heteroatoms. The molecule has 3 aliphatic rings. The maximum absolute atomic E-state index is 4.48. The number of hydrogen-bond donors (Lipinski definition) is 1. The van der Waals surface area contributed by atoms with Gasteiger partial charge in [-0.2, -0.15) is 5.10 Å². The van der Waals surface area contributed by atoms with Crippen molar-refractivity contribution >= 4 is 0 Å². The second-order valence-electron chi connectivity index (χ2n) is 6.93. The first kappa shape index (κ1) is 12.8. The Balaban J connectivity index is 1.49. The van der Waals surface area contributed by atoms with Gasteiger partial charge in [0.15, 0.2) is 0 Å². The van der Waals surface area contributed by atoms with Crippen molar-refractivity contribution in [1.82, 2.24) is 20.1 Å². The molecule has 3 aliphatic carbocycles. The number of hydrogen-bond acceptors (Lipinski definition) is 3. The minimum Gasteiger partial charge on any atom is -0.314 e. The van der Waals surface area contributed by atoms with Crippen LogP contribution >= 0.6 is 0 Å². The van der Waals surface area contributed by atoms with E-state index in [4.69, 9.17) is 0 Å². The Morgan fingerprint density at radius 2 is 2.05 bits per heavy atom. The SMILES string of the molecule is CCNC(Cc1ncnn1CC)C1C2C3CCC(C3)C21. The molecule has 0 saturated heterocycles. The van der Waals surface area contributed by atoms with Crippen molar-refractivity contribution in [2.75, 3.05) is 6.54 Å². The van der Waals surface area contributed by atoms with E-state index in [1.807, 2.05) is 0 Å². The lowest BCUT2D eigenvalue weighted by Gasteiger charge is -2.21. The lowest BCUT2D eigenvalue weighted by molar-refractivity contribution is 0.358. The summed E-state index contributed by atoms with van der Waals surface area (Å²) in [5.74, 6) is 6.27. The monoisotopic (exact) mass is 274 g/mol. The first-order valence-corrected chi connectivity index (χ1v) is 8.43. The predicted molar refractivity (Wildman–Crippen MR) is 78.2 cm³/mol. The van der Waals surface area contributed by atoms with Crippen LogP contribution in [0.15, 0.2) is 6.33 Å². The third kappa shape index (κ3) is 1.84. The lowest BCUT2D eigenvalue weighted by Crippen LogP contribution is -2.36. The van der Waals surface area contributed by atoms with Gasteiger partial charge < -0.3 is 5.32 Å². The fraction of sp³-hybridized carbons (Fsp3) is 0.875. The normalized spacial score (nSPS) is 39.0. The van der Waals surface area contributed by atoms with Crippen LogP contribution in [0.5, 0.6) is 0 Å². The summed E-state index contributed by atoms with van der Waals surface area (Å²) in [4.78, 5) is 4.48. The van der Waals surface area contributed by atoms with E-state index in [0.717, 1.165) is 54.9 Å². The molecule has 4 nitrogen and oxygen atoms in total. The zero-order valence-electron chi connectivity index (χ0n) is 12.6. The number of fused-ring (bicyclic) bond motifs is 5. The molecule has 110 valence electrons. The van der Waals surface area contributed by atoms with Crippen molar-refractivity contribution in [2.45, 2.75) is 52.1 Å². The zero-order chi connectivity index (χ0) is 13.7. The highest BCUT2D eigenvalue weighted by atomic mass is 15.3. The first-order chi connectivity index (χ1) is 9.83. The molecule has 1 aromatic heterocycles. The molecule has 20 heavy (non-hydrogen) atoms. The summed E-state index contributed by atoms with van der Waals surface area (Å²) >= 11 is 0. The molecule has 4 rings (SSSR count). The second-order valence-corrected chi connectivity index (χ2v) is 6.93. The van der Waals surface area contributed by atoms with E-state index in [-0.39, 0.29) is 0 Å². The molecule has 0 aliphatic heterocycles. The smallest absolute Gasteiger partial charge is 0.138 e.